The van der Waals surface area contributed by atoms with Gasteiger partial charge < -0.3 is 10.2 Å². The monoisotopic (exact) mass is 300 g/mol. The van der Waals surface area contributed by atoms with Crippen molar-refractivity contribution < 1.29 is 4.79 Å². The van der Waals surface area contributed by atoms with Crippen LogP contribution in [0.15, 0.2) is 24.5 Å². The number of carbonyl (C=O) groups is 1. The molecule has 0 aromatic carbocycles. The fourth-order valence-electron chi connectivity index (χ4n) is 3.16. The lowest BCUT2D eigenvalue weighted by Gasteiger charge is -2.21. The van der Waals surface area contributed by atoms with Crippen molar-refractivity contribution in [1.29, 1.82) is 0 Å². The molecule has 1 fully saturated rings. The number of nitrogens with zero attached hydrogens (tertiary/aromatic N) is 3. The van der Waals surface area contributed by atoms with Crippen LogP contribution in [0.25, 0.3) is 11.0 Å². The summed E-state index contributed by atoms with van der Waals surface area (Å²) in [5.74, 6) is 0.647. The molecule has 2 aromatic heterocycles. The van der Waals surface area contributed by atoms with Gasteiger partial charge in [0.25, 0.3) is 0 Å². The van der Waals surface area contributed by atoms with Crippen LogP contribution in [0.4, 0.5) is 0 Å². The highest BCUT2D eigenvalue weighted by Crippen LogP contribution is 2.31. The highest BCUT2D eigenvalue weighted by atomic mass is 16.2. The number of piperidine rings is 1. The summed E-state index contributed by atoms with van der Waals surface area (Å²) in [6, 6.07) is 3.91. The van der Waals surface area contributed by atoms with E-state index in [1.165, 1.54) is 5.56 Å². The van der Waals surface area contributed by atoms with Gasteiger partial charge in [0.2, 0.25) is 5.91 Å². The van der Waals surface area contributed by atoms with Gasteiger partial charge in [-0.25, -0.2) is 0 Å². The number of rotatable bonds is 4. The average Bonchev–Trinajstić information content (AvgIpc) is 2.93. The molecule has 0 aliphatic carbocycles. The van der Waals surface area contributed by atoms with Crippen molar-refractivity contribution >= 4 is 16.9 Å². The molecule has 1 aliphatic rings. The Bertz CT molecular complexity index is 656. The molecule has 5 nitrogen and oxygen atoms in total. The van der Waals surface area contributed by atoms with Crippen LogP contribution < -0.4 is 5.32 Å². The van der Waals surface area contributed by atoms with E-state index in [0.717, 1.165) is 43.5 Å². The fourth-order valence-corrected chi connectivity index (χ4v) is 3.16. The minimum atomic E-state index is 0.145. The highest BCUT2D eigenvalue weighted by molar-refractivity contribution is 5.92. The largest absolute Gasteiger partial charge is 0.317 e. The predicted molar refractivity (Wildman–Crippen MR) is 88.4 cm³/mol. The van der Waals surface area contributed by atoms with Crippen molar-refractivity contribution in [3.8, 4) is 0 Å². The summed E-state index contributed by atoms with van der Waals surface area (Å²) in [6.45, 7) is 2.85. The van der Waals surface area contributed by atoms with Gasteiger partial charge in [0, 0.05) is 25.4 Å². The molecular formula is C17H24N4O. The molecule has 0 unspecified atom stereocenters. The van der Waals surface area contributed by atoms with E-state index < -0.39 is 0 Å². The molecule has 0 saturated carbocycles. The number of hydrogen-bond donors (Lipinski definition) is 1. The number of fused-ring (bicyclic) bond motifs is 1. The summed E-state index contributed by atoms with van der Waals surface area (Å²) in [5.41, 5.74) is 3.17. The quantitative estimate of drug-likeness (QED) is 0.939. The van der Waals surface area contributed by atoms with Gasteiger partial charge in [-0.05, 0) is 63.6 Å². The molecule has 3 rings (SSSR count). The van der Waals surface area contributed by atoms with Gasteiger partial charge in [-0.3, -0.25) is 14.3 Å². The summed E-state index contributed by atoms with van der Waals surface area (Å²) in [7, 11) is 3.98. The summed E-state index contributed by atoms with van der Waals surface area (Å²) < 4.78 is 1.81. The van der Waals surface area contributed by atoms with Crippen molar-refractivity contribution in [3.05, 3.63) is 30.1 Å². The molecule has 3 heterocycles. The molecule has 22 heavy (non-hydrogen) atoms. The van der Waals surface area contributed by atoms with Crippen molar-refractivity contribution in [2.45, 2.75) is 25.2 Å². The molecule has 5 heteroatoms. The van der Waals surface area contributed by atoms with E-state index in [4.69, 9.17) is 0 Å². The van der Waals surface area contributed by atoms with Crippen LogP contribution in [0.3, 0.4) is 0 Å². The average molecular weight is 300 g/mol. The zero-order valence-electron chi connectivity index (χ0n) is 13.4. The van der Waals surface area contributed by atoms with E-state index in [0.29, 0.717) is 12.3 Å². The number of hydrogen-bond acceptors (Lipinski definition) is 4. The zero-order valence-corrected chi connectivity index (χ0v) is 13.4. The van der Waals surface area contributed by atoms with E-state index in [9.17, 15) is 4.79 Å². The van der Waals surface area contributed by atoms with E-state index in [1.807, 2.05) is 48.1 Å². The molecule has 1 saturated heterocycles. The van der Waals surface area contributed by atoms with E-state index in [1.54, 1.807) is 0 Å². The lowest BCUT2D eigenvalue weighted by molar-refractivity contribution is 0.0897. The molecule has 1 aliphatic heterocycles. The van der Waals surface area contributed by atoms with Gasteiger partial charge in [-0.1, -0.05) is 0 Å². The Morgan fingerprint density at radius 3 is 2.91 bits per heavy atom. The van der Waals surface area contributed by atoms with Crippen molar-refractivity contribution in [2.75, 3.05) is 33.7 Å². The first-order valence-electron chi connectivity index (χ1n) is 8.01. The Morgan fingerprint density at radius 2 is 2.18 bits per heavy atom. The third-order valence-electron chi connectivity index (χ3n) is 4.41. The van der Waals surface area contributed by atoms with Crippen LogP contribution in [0.2, 0.25) is 0 Å². The van der Waals surface area contributed by atoms with Crippen LogP contribution in [0, 0.1) is 0 Å². The van der Waals surface area contributed by atoms with Crippen LogP contribution in [-0.2, 0) is 0 Å². The molecule has 2 aromatic rings. The minimum absolute atomic E-state index is 0.145. The predicted octanol–water partition coefficient (Wildman–Crippen LogP) is 2.10. The van der Waals surface area contributed by atoms with E-state index >= 15 is 0 Å². The normalized spacial score (nSPS) is 16.5. The number of carbonyl (C=O) groups excluding carboxylic acids is 1. The molecule has 0 bridgehead atoms. The van der Waals surface area contributed by atoms with Crippen LogP contribution in [-0.4, -0.2) is 54.1 Å². The molecule has 1 N–H and O–H groups in total. The maximum Gasteiger partial charge on any atom is 0.232 e. The molecule has 0 atom stereocenters. The smallest absolute Gasteiger partial charge is 0.232 e. The SMILES string of the molecule is CN(C)CCC(=O)n1cc(C2CCNCC2)c2ncccc21. The van der Waals surface area contributed by atoms with Gasteiger partial charge in [-0.15, -0.1) is 0 Å². The first-order chi connectivity index (χ1) is 10.7. The van der Waals surface area contributed by atoms with Gasteiger partial charge in [0.1, 0.15) is 0 Å². The number of nitrogens with one attached hydrogen (secondary N) is 1. The third kappa shape index (κ3) is 3.05. The second kappa shape index (κ2) is 6.58. The van der Waals surface area contributed by atoms with Gasteiger partial charge in [-0.2, -0.15) is 0 Å². The summed E-state index contributed by atoms with van der Waals surface area (Å²) in [6.07, 6.45) is 6.60. The molecular weight excluding hydrogens is 276 g/mol. The van der Waals surface area contributed by atoms with E-state index in [-0.39, 0.29) is 5.91 Å². The maximum atomic E-state index is 12.6. The Balaban J connectivity index is 1.95. The molecule has 0 radical (unpaired) electrons. The minimum Gasteiger partial charge on any atom is -0.317 e. The Kier molecular flexibility index (Phi) is 4.55. The number of pyridine rings is 1. The Hall–Kier alpha value is -1.72. The number of aromatic nitrogens is 2. The first-order valence-corrected chi connectivity index (χ1v) is 8.01. The zero-order chi connectivity index (χ0) is 15.5. The summed E-state index contributed by atoms with van der Waals surface area (Å²) >= 11 is 0. The second-order valence-electron chi connectivity index (χ2n) is 6.30. The van der Waals surface area contributed by atoms with Gasteiger partial charge in [0.05, 0.1) is 11.0 Å². The Labute approximate surface area is 131 Å². The van der Waals surface area contributed by atoms with Crippen LogP contribution in [0.1, 0.15) is 35.5 Å². The molecule has 118 valence electrons. The Morgan fingerprint density at radius 1 is 1.41 bits per heavy atom. The first kappa shape index (κ1) is 15.2. The molecule has 0 amide bonds. The fraction of sp³-hybridized carbons (Fsp3) is 0.529. The lowest BCUT2D eigenvalue weighted by atomic mass is 9.91. The summed E-state index contributed by atoms with van der Waals surface area (Å²) in [4.78, 5) is 19.1. The van der Waals surface area contributed by atoms with Crippen molar-refractivity contribution in [2.24, 2.45) is 0 Å². The van der Waals surface area contributed by atoms with Crippen molar-refractivity contribution in [3.63, 3.8) is 0 Å². The van der Waals surface area contributed by atoms with Crippen LogP contribution in [0.5, 0.6) is 0 Å². The van der Waals surface area contributed by atoms with Gasteiger partial charge in [0.15, 0.2) is 0 Å². The highest BCUT2D eigenvalue weighted by Gasteiger charge is 2.22. The maximum absolute atomic E-state index is 12.6. The van der Waals surface area contributed by atoms with Crippen LogP contribution >= 0.6 is 0 Å². The van der Waals surface area contributed by atoms with Crippen molar-refractivity contribution in [1.82, 2.24) is 19.8 Å². The standard InChI is InChI=1S/C17H24N4O/c1-20(2)11-7-16(22)21-12-14(13-5-9-18-10-6-13)17-15(21)4-3-8-19-17/h3-4,8,12-13,18H,5-7,9-11H2,1-2H3. The summed E-state index contributed by atoms with van der Waals surface area (Å²) in [5, 5.41) is 3.40. The topological polar surface area (TPSA) is 50.2 Å². The molecule has 0 spiro atoms. The lowest BCUT2D eigenvalue weighted by Crippen LogP contribution is -2.26. The van der Waals surface area contributed by atoms with E-state index in [2.05, 4.69) is 10.3 Å². The second-order valence-corrected chi connectivity index (χ2v) is 6.30. The van der Waals surface area contributed by atoms with Gasteiger partial charge >= 0.3 is 0 Å². The third-order valence-corrected chi connectivity index (χ3v) is 4.41.